The van der Waals surface area contributed by atoms with Crippen molar-refractivity contribution in [2.45, 2.75) is 44.2 Å². The van der Waals surface area contributed by atoms with Crippen LogP contribution in [0.15, 0.2) is 24.3 Å². The molecule has 2 fully saturated rings. The highest BCUT2D eigenvalue weighted by molar-refractivity contribution is 5.45. The standard InChI is InChI=1S/C16H23NO2/c1-2-13-3-5-14(6-4-13)17-15-7-9-19-16(11-15)8-10-18-12-16/h3-6,15,17H,2,7-12H2,1H3. The number of hydrogen-bond donors (Lipinski definition) is 1. The van der Waals surface area contributed by atoms with Crippen LogP contribution in [0.2, 0.25) is 0 Å². The van der Waals surface area contributed by atoms with Crippen LogP contribution in [0.4, 0.5) is 5.69 Å². The van der Waals surface area contributed by atoms with Crippen LogP contribution in [0.1, 0.15) is 31.7 Å². The fourth-order valence-electron chi connectivity index (χ4n) is 3.09. The third-order valence-corrected chi connectivity index (χ3v) is 4.29. The van der Waals surface area contributed by atoms with E-state index >= 15 is 0 Å². The van der Waals surface area contributed by atoms with Gasteiger partial charge < -0.3 is 14.8 Å². The van der Waals surface area contributed by atoms with E-state index in [0.29, 0.717) is 6.04 Å². The van der Waals surface area contributed by atoms with Crippen molar-refractivity contribution in [2.24, 2.45) is 0 Å². The van der Waals surface area contributed by atoms with E-state index in [1.54, 1.807) is 0 Å². The Morgan fingerprint density at radius 1 is 1.26 bits per heavy atom. The molecule has 0 radical (unpaired) electrons. The zero-order valence-corrected chi connectivity index (χ0v) is 11.7. The lowest BCUT2D eigenvalue weighted by atomic mass is 9.89. The Bertz CT molecular complexity index is 409. The lowest BCUT2D eigenvalue weighted by molar-refractivity contribution is -0.0828. The van der Waals surface area contributed by atoms with E-state index in [2.05, 4.69) is 36.5 Å². The Morgan fingerprint density at radius 3 is 2.79 bits per heavy atom. The van der Waals surface area contributed by atoms with Gasteiger partial charge in [0.25, 0.3) is 0 Å². The highest BCUT2D eigenvalue weighted by atomic mass is 16.6. The van der Waals surface area contributed by atoms with Gasteiger partial charge in [-0.3, -0.25) is 0 Å². The van der Waals surface area contributed by atoms with Gasteiger partial charge in [0, 0.05) is 31.4 Å². The number of ether oxygens (including phenoxy) is 2. The molecule has 2 heterocycles. The van der Waals surface area contributed by atoms with Crippen molar-refractivity contribution in [1.82, 2.24) is 0 Å². The summed E-state index contributed by atoms with van der Waals surface area (Å²) >= 11 is 0. The third-order valence-electron chi connectivity index (χ3n) is 4.29. The molecule has 0 aliphatic carbocycles. The van der Waals surface area contributed by atoms with Crippen LogP contribution in [-0.4, -0.2) is 31.5 Å². The summed E-state index contributed by atoms with van der Waals surface area (Å²) in [7, 11) is 0. The maximum absolute atomic E-state index is 5.97. The fraction of sp³-hybridized carbons (Fsp3) is 0.625. The zero-order valence-electron chi connectivity index (χ0n) is 11.7. The first-order chi connectivity index (χ1) is 9.30. The number of hydrogen-bond acceptors (Lipinski definition) is 3. The summed E-state index contributed by atoms with van der Waals surface area (Å²) in [6.45, 7) is 4.64. The predicted molar refractivity (Wildman–Crippen MR) is 76.6 cm³/mol. The lowest BCUT2D eigenvalue weighted by Crippen LogP contribution is -2.44. The van der Waals surface area contributed by atoms with E-state index in [1.165, 1.54) is 11.3 Å². The van der Waals surface area contributed by atoms with Crippen molar-refractivity contribution < 1.29 is 9.47 Å². The Labute approximate surface area is 115 Å². The minimum Gasteiger partial charge on any atom is -0.382 e. The molecular weight excluding hydrogens is 238 g/mol. The van der Waals surface area contributed by atoms with Crippen LogP contribution >= 0.6 is 0 Å². The SMILES string of the molecule is CCc1ccc(NC2CCOC3(CCOC3)C2)cc1. The number of nitrogens with one attached hydrogen (secondary N) is 1. The smallest absolute Gasteiger partial charge is 0.0956 e. The number of benzene rings is 1. The van der Waals surface area contributed by atoms with Crippen LogP contribution < -0.4 is 5.32 Å². The summed E-state index contributed by atoms with van der Waals surface area (Å²) in [6.07, 6.45) is 4.28. The lowest BCUT2D eigenvalue weighted by Gasteiger charge is -2.37. The van der Waals surface area contributed by atoms with E-state index in [0.717, 1.165) is 45.5 Å². The molecule has 2 atom stereocenters. The molecule has 19 heavy (non-hydrogen) atoms. The van der Waals surface area contributed by atoms with Crippen LogP contribution in [0, 0.1) is 0 Å². The molecule has 1 aromatic carbocycles. The molecule has 0 bridgehead atoms. The normalized spacial score (nSPS) is 30.7. The predicted octanol–water partition coefficient (Wildman–Crippen LogP) is 3.00. The minimum atomic E-state index is -0.0146. The molecule has 2 saturated heterocycles. The quantitative estimate of drug-likeness (QED) is 0.907. The van der Waals surface area contributed by atoms with Gasteiger partial charge >= 0.3 is 0 Å². The average Bonchev–Trinajstić information content (AvgIpc) is 2.88. The highest BCUT2D eigenvalue weighted by Crippen LogP contribution is 2.33. The molecule has 1 spiro atoms. The van der Waals surface area contributed by atoms with Gasteiger partial charge in [-0.05, 0) is 37.0 Å². The van der Waals surface area contributed by atoms with Crippen LogP contribution in [0.3, 0.4) is 0 Å². The molecule has 104 valence electrons. The van der Waals surface area contributed by atoms with Gasteiger partial charge in [-0.25, -0.2) is 0 Å². The molecule has 2 aliphatic rings. The summed E-state index contributed by atoms with van der Waals surface area (Å²) in [5, 5.41) is 3.65. The first-order valence-corrected chi connectivity index (χ1v) is 7.37. The molecule has 3 rings (SSSR count). The average molecular weight is 261 g/mol. The maximum atomic E-state index is 5.97. The molecule has 1 N–H and O–H groups in total. The molecule has 2 aliphatic heterocycles. The number of aryl methyl sites for hydroxylation is 1. The Balaban J connectivity index is 1.62. The third kappa shape index (κ3) is 2.93. The van der Waals surface area contributed by atoms with Crippen LogP contribution in [0.25, 0.3) is 0 Å². The van der Waals surface area contributed by atoms with Gasteiger partial charge in [-0.15, -0.1) is 0 Å². The van der Waals surface area contributed by atoms with E-state index < -0.39 is 0 Å². The molecule has 2 unspecified atom stereocenters. The van der Waals surface area contributed by atoms with Crippen LogP contribution in [-0.2, 0) is 15.9 Å². The second kappa shape index (κ2) is 5.51. The van der Waals surface area contributed by atoms with E-state index in [1.807, 2.05) is 0 Å². The van der Waals surface area contributed by atoms with Crippen molar-refractivity contribution in [1.29, 1.82) is 0 Å². The maximum Gasteiger partial charge on any atom is 0.0956 e. The topological polar surface area (TPSA) is 30.5 Å². The Hall–Kier alpha value is -1.06. The van der Waals surface area contributed by atoms with Crippen molar-refractivity contribution in [3.8, 4) is 0 Å². The molecule has 0 saturated carbocycles. The summed E-state index contributed by atoms with van der Waals surface area (Å²) in [5.74, 6) is 0. The minimum absolute atomic E-state index is 0.0146. The van der Waals surface area contributed by atoms with Crippen molar-refractivity contribution in [2.75, 3.05) is 25.1 Å². The Kier molecular flexibility index (Phi) is 3.76. The number of rotatable bonds is 3. The van der Waals surface area contributed by atoms with E-state index in [4.69, 9.17) is 9.47 Å². The first kappa shape index (κ1) is 12.9. The van der Waals surface area contributed by atoms with Crippen LogP contribution in [0.5, 0.6) is 0 Å². The summed E-state index contributed by atoms with van der Waals surface area (Å²) < 4.78 is 11.5. The molecule has 0 amide bonds. The Morgan fingerprint density at radius 2 is 2.11 bits per heavy atom. The molecule has 3 nitrogen and oxygen atoms in total. The summed E-state index contributed by atoms with van der Waals surface area (Å²) in [6, 6.07) is 9.28. The van der Waals surface area contributed by atoms with Gasteiger partial charge in [0.1, 0.15) is 0 Å². The van der Waals surface area contributed by atoms with E-state index in [9.17, 15) is 0 Å². The van der Waals surface area contributed by atoms with Crippen molar-refractivity contribution in [3.05, 3.63) is 29.8 Å². The van der Waals surface area contributed by atoms with Gasteiger partial charge in [0.05, 0.1) is 12.2 Å². The largest absolute Gasteiger partial charge is 0.382 e. The van der Waals surface area contributed by atoms with E-state index in [-0.39, 0.29) is 5.60 Å². The highest BCUT2D eigenvalue weighted by Gasteiger charge is 2.40. The zero-order chi connectivity index (χ0) is 13.1. The van der Waals surface area contributed by atoms with Gasteiger partial charge in [0.2, 0.25) is 0 Å². The number of anilines is 1. The molecule has 1 aromatic rings. The van der Waals surface area contributed by atoms with Gasteiger partial charge in [0.15, 0.2) is 0 Å². The second-order valence-electron chi connectivity index (χ2n) is 5.72. The van der Waals surface area contributed by atoms with Crippen molar-refractivity contribution in [3.63, 3.8) is 0 Å². The molecule has 3 heteroatoms. The monoisotopic (exact) mass is 261 g/mol. The summed E-state index contributed by atoms with van der Waals surface area (Å²) in [5.41, 5.74) is 2.59. The second-order valence-corrected chi connectivity index (χ2v) is 5.72. The fourth-order valence-corrected chi connectivity index (χ4v) is 3.09. The van der Waals surface area contributed by atoms with Crippen molar-refractivity contribution >= 4 is 5.69 Å². The van der Waals surface area contributed by atoms with Gasteiger partial charge in [-0.1, -0.05) is 19.1 Å². The summed E-state index contributed by atoms with van der Waals surface area (Å²) in [4.78, 5) is 0. The molecular formula is C16H23NO2. The van der Waals surface area contributed by atoms with Gasteiger partial charge in [-0.2, -0.15) is 0 Å². The first-order valence-electron chi connectivity index (χ1n) is 7.37. The molecule has 0 aromatic heterocycles.